The van der Waals surface area contributed by atoms with Crippen molar-refractivity contribution in [3.05, 3.63) is 42.2 Å². The zero-order valence-electron chi connectivity index (χ0n) is 16.3. The van der Waals surface area contributed by atoms with Gasteiger partial charge in [-0.15, -0.1) is 0 Å². The lowest BCUT2D eigenvalue weighted by molar-refractivity contribution is 0.102. The van der Waals surface area contributed by atoms with Crippen molar-refractivity contribution in [1.29, 1.82) is 0 Å². The SMILES string of the molecule is CCN(CC)c1ccc(NC(=O)c2cnc(N3CCCCCC3)nc2)cc1. The summed E-state index contributed by atoms with van der Waals surface area (Å²) < 4.78 is 0. The smallest absolute Gasteiger partial charge is 0.258 e. The molecule has 0 atom stereocenters. The number of rotatable bonds is 6. The minimum Gasteiger partial charge on any atom is -0.372 e. The topological polar surface area (TPSA) is 61.4 Å². The van der Waals surface area contributed by atoms with Crippen molar-refractivity contribution in [3.8, 4) is 0 Å². The van der Waals surface area contributed by atoms with Gasteiger partial charge in [0.15, 0.2) is 0 Å². The largest absolute Gasteiger partial charge is 0.372 e. The molecule has 0 unspecified atom stereocenters. The van der Waals surface area contributed by atoms with Gasteiger partial charge in [-0.3, -0.25) is 4.79 Å². The first-order valence-corrected chi connectivity index (χ1v) is 9.94. The quantitative estimate of drug-likeness (QED) is 0.837. The van der Waals surface area contributed by atoms with E-state index < -0.39 is 0 Å². The molecule has 2 aromatic rings. The molecule has 1 aliphatic rings. The van der Waals surface area contributed by atoms with Crippen LogP contribution in [-0.2, 0) is 0 Å². The molecule has 1 N–H and O–H groups in total. The van der Waals surface area contributed by atoms with E-state index in [1.165, 1.54) is 25.7 Å². The third-order valence-electron chi connectivity index (χ3n) is 5.04. The lowest BCUT2D eigenvalue weighted by Gasteiger charge is -2.21. The lowest BCUT2D eigenvalue weighted by atomic mass is 10.2. The fourth-order valence-electron chi connectivity index (χ4n) is 3.42. The van der Waals surface area contributed by atoms with Gasteiger partial charge in [-0.05, 0) is 51.0 Å². The van der Waals surface area contributed by atoms with Crippen LogP contribution >= 0.6 is 0 Å². The molecule has 0 aliphatic carbocycles. The highest BCUT2D eigenvalue weighted by Crippen LogP contribution is 2.19. The molecule has 1 aromatic carbocycles. The van der Waals surface area contributed by atoms with E-state index in [0.29, 0.717) is 5.56 Å². The predicted molar refractivity (Wildman–Crippen MR) is 111 cm³/mol. The van der Waals surface area contributed by atoms with Gasteiger partial charge in [-0.25, -0.2) is 9.97 Å². The first-order valence-electron chi connectivity index (χ1n) is 9.94. The van der Waals surface area contributed by atoms with Crippen LogP contribution in [0.25, 0.3) is 0 Å². The first-order chi connectivity index (χ1) is 13.2. The summed E-state index contributed by atoms with van der Waals surface area (Å²) in [7, 11) is 0. The number of anilines is 3. The van der Waals surface area contributed by atoms with Gasteiger partial charge < -0.3 is 15.1 Å². The van der Waals surface area contributed by atoms with E-state index in [1.807, 2.05) is 24.3 Å². The van der Waals surface area contributed by atoms with Gasteiger partial charge in [0, 0.05) is 49.9 Å². The number of aromatic nitrogens is 2. The van der Waals surface area contributed by atoms with E-state index in [9.17, 15) is 4.79 Å². The highest BCUT2D eigenvalue weighted by atomic mass is 16.1. The van der Waals surface area contributed by atoms with Crippen molar-refractivity contribution < 1.29 is 4.79 Å². The summed E-state index contributed by atoms with van der Waals surface area (Å²) >= 11 is 0. The Labute approximate surface area is 161 Å². The average Bonchev–Trinajstić information content (AvgIpc) is 3.00. The van der Waals surface area contributed by atoms with Crippen LogP contribution in [0.2, 0.25) is 0 Å². The highest BCUT2D eigenvalue weighted by Gasteiger charge is 2.14. The molecule has 1 aliphatic heterocycles. The number of benzene rings is 1. The summed E-state index contributed by atoms with van der Waals surface area (Å²) in [6.45, 7) is 8.17. The van der Waals surface area contributed by atoms with Gasteiger partial charge in [-0.2, -0.15) is 0 Å². The number of amides is 1. The molecule has 6 nitrogen and oxygen atoms in total. The molecule has 1 saturated heterocycles. The molecular weight excluding hydrogens is 338 g/mol. The van der Waals surface area contributed by atoms with E-state index in [4.69, 9.17) is 0 Å². The van der Waals surface area contributed by atoms with Crippen LogP contribution < -0.4 is 15.1 Å². The molecule has 1 amide bonds. The number of nitrogens with zero attached hydrogens (tertiary/aromatic N) is 4. The molecule has 0 bridgehead atoms. The van der Waals surface area contributed by atoms with Gasteiger partial charge in [0.25, 0.3) is 5.91 Å². The zero-order valence-corrected chi connectivity index (χ0v) is 16.3. The molecular formula is C21H29N5O. The van der Waals surface area contributed by atoms with Crippen LogP contribution in [0.1, 0.15) is 49.9 Å². The minimum atomic E-state index is -0.187. The molecule has 1 aromatic heterocycles. The van der Waals surface area contributed by atoms with Gasteiger partial charge in [0.2, 0.25) is 5.95 Å². The Balaban J connectivity index is 1.62. The van der Waals surface area contributed by atoms with Gasteiger partial charge in [-0.1, -0.05) is 12.8 Å². The second-order valence-corrected chi connectivity index (χ2v) is 6.85. The Kier molecular flexibility index (Phi) is 6.63. The van der Waals surface area contributed by atoms with Crippen LogP contribution in [0.3, 0.4) is 0 Å². The van der Waals surface area contributed by atoms with Crippen LogP contribution in [0, 0.1) is 0 Å². The van der Waals surface area contributed by atoms with Crippen molar-refractivity contribution in [2.24, 2.45) is 0 Å². The average molecular weight is 367 g/mol. The summed E-state index contributed by atoms with van der Waals surface area (Å²) in [5.41, 5.74) is 2.40. The van der Waals surface area contributed by atoms with Crippen molar-refractivity contribution >= 4 is 23.2 Å². The molecule has 0 saturated carbocycles. The second-order valence-electron chi connectivity index (χ2n) is 6.85. The summed E-state index contributed by atoms with van der Waals surface area (Å²) in [5, 5.41) is 2.92. The Hall–Kier alpha value is -2.63. The van der Waals surface area contributed by atoms with E-state index in [1.54, 1.807) is 12.4 Å². The molecule has 6 heteroatoms. The third kappa shape index (κ3) is 4.96. The van der Waals surface area contributed by atoms with Crippen LogP contribution in [-0.4, -0.2) is 42.1 Å². The standard InChI is InChI=1S/C21H29N5O/c1-3-25(4-2)19-11-9-18(10-12-19)24-20(27)17-15-22-21(23-16-17)26-13-7-5-6-8-14-26/h9-12,15-16H,3-8,13-14H2,1-2H3,(H,24,27). The van der Waals surface area contributed by atoms with E-state index in [-0.39, 0.29) is 5.91 Å². The van der Waals surface area contributed by atoms with Crippen LogP contribution in [0.5, 0.6) is 0 Å². The maximum atomic E-state index is 12.5. The Morgan fingerprint density at radius 2 is 1.59 bits per heavy atom. The maximum Gasteiger partial charge on any atom is 0.258 e. The van der Waals surface area contributed by atoms with Crippen molar-refractivity contribution in [2.45, 2.75) is 39.5 Å². The van der Waals surface area contributed by atoms with E-state index in [2.05, 4.69) is 38.9 Å². The van der Waals surface area contributed by atoms with Crippen molar-refractivity contribution in [2.75, 3.05) is 41.3 Å². The Morgan fingerprint density at radius 3 is 2.15 bits per heavy atom. The number of carbonyl (C=O) groups excluding carboxylic acids is 1. The molecule has 144 valence electrons. The van der Waals surface area contributed by atoms with Crippen molar-refractivity contribution in [3.63, 3.8) is 0 Å². The molecule has 0 radical (unpaired) electrons. The normalized spacial score (nSPS) is 14.5. The third-order valence-corrected chi connectivity index (χ3v) is 5.04. The fourth-order valence-corrected chi connectivity index (χ4v) is 3.42. The predicted octanol–water partition coefficient (Wildman–Crippen LogP) is 3.96. The van der Waals surface area contributed by atoms with Gasteiger partial charge >= 0.3 is 0 Å². The van der Waals surface area contributed by atoms with Crippen molar-refractivity contribution in [1.82, 2.24) is 9.97 Å². The summed E-state index contributed by atoms with van der Waals surface area (Å²) in [6, 6.07) is 7.92. The molecule has 1 fully saturated rings. The number of hydrogen-bond acceptors (Lipinski definition) is 5. The van der Waals surface area contributed by atoms with Gasteiger partial charge in [0.05, 0.1) is 5.56 Å². The number of hydrogen-bond donors (Lipinski definition) is 1. The minimum absolute atomic E-state index is 0.187. The monoisotopic (exact) mass is 367 g/mol. The second kappa shape index (κ2) is 9.35. The maximum absolute atomic E-state index is 12.5. The Morgan fingerprint density at radius 1 is 1.00 bits per heavy atom. The summed E-state index contributed by atoms with van der Waals surface area (Å²) in [5.74, 6) is 0.532. The Bertz CT molecular complexity index is 717. The van der Waals surface area contributed by atoms with E-state index in [0.717, 1.165) is 43.5 Å². The van der Waals surface area contributed by atoms with Gasteiger partial charge in [0.1, 0.15) is 0 Å². The van der Waals surface area contributed by atoms with Crippen LogP contribution in [0.4, 0.5) is 17.3 Å². The number of carbonyl (C=O) groups is 1. The molecule has 3 rings (SSSR count). The summed E-state index contributed by atoms with van der Waals surface area (Å²) in [6.07, 6.45) is 8.12. The zero-order chi connectivity index (χ0) is 19.1. The lowest BCUT2D eigenvalue weighted by Crippen LogP contribution is -2.26. The van der Waals surface area contributed by atoms with E-state index >= 15 is 0 Å². The molecule has 2 heterocycles. The highest BCUT2D eigenvalue weighted by molar-refractivity contribution is 6.03. The van der Waals surface area contributed by atoms with Crippen LogP contribution in [0.15, 0.2) is 36.7 Å². The first kappa shape index (κ1) is 19.1. The molecule has 27 heavy (non-hydrogen) atoms. The summed E-state index contributed by atoms with van der Waals surface area (Å²) in [4.78, 5) is 25.8. The fraction of sp³-hybridized carbons (Fsp3) is 0.476. The number of nitrogens with one attached hydrogen (secondary N) is 1. The molecule has 0 spiro atoms.